The third kappa shape index (κ3) is 2.71. The average molecular weight is 302 g/mol. The van der Waals surface area contributed by atoms with E-state index in [1.54, 1.807) is 11.3 Å². The van der Waals surface area contributed by atoms with Gasteiger partial charge in [0.15, 0.2) is 5.75 Å². The molecule has 3 N–H and O–H groups in total. The Morgan fingerprint density at radius 2 is 2.14 bits per heavy atom. The zero-order valence-electron chi connectivity index (χ0n) is 11.2. The molecular formula is C15H14N2O3S. The predicted octanol–water partition coefficient (Wildman–Crippen LogP) is 3.21. The summed E-state index contributed by atoms with van der Waals surface area (Å²) >= 11 is 1.69. The van der Waals surface area contributed by atoms with Crippen LogP contribution in [0, 0.1) is 0 Å². The van der Waals surface area contributed by atoms with Gasteiger partial charge in [0.25, 0.3) is 0 Å². The van der Waals surface area contributed by atoms with Crippen molar-refractivity contribution in [2.24, 2.45) is 10.9 Å². The van der Waals surface area contributed by atoms with E-state index in [2.05, 4.69) is 11.2 Å². The third-order valence-corrected chi connectivity index (χ3v) is 4.00. The van der Waals surface area contributed by atoms with Crippen molar-refractivity contribution in [3.05, 3.63) is 52.4 Å². The van der Waals surface area contributed by atoms with Crippen molar-refractivity contribution >= 4 is 28.1 Å². The molecule has 5 nitrogen and oxygen atoms in total. The Bertz CT molecular complexity index is 762. The molecule has 3 rings (SSSR count). The average Bonchev–Trinajstić information content (AvgIpc) is 3.14. The first kappa shape index (κ1) is 13.5. The number of hydrogen-bond acceptors (Lipinski definition) is 5. The van der Waals surface area contributed by atoms with Gasteiger partial charge in [-0.15, -0.1) is 11.3 Å². The summed E-state index contributed by atoms with van der Waals surface area (Å²) in [5, 5.41) is 14.7. The lowest BCUT2D eigenvalue weighted by Crippen LogP contribution is -2.14. The predicted molar refractivity (Wildman–Crippen MR) is 82.2 cm³/mol. The molecule has 0 aliphatic carbocycles. The highest BCUT2D eigenvalue weighted by Crippen LogP contribution is 2.33. The smallest absolute Gasteiger partial charge is 0.215 e. The summed E-state index contributed by atoms with van der Waals surface area (Å²) in [6.45, 7) is 0.496. The quantitative estimate of drug-likeness (QED) is 0.328. The molecule has 0 fully saturated rings. The van der Waals surface area contributed by atoms with E-state index in [0.29, 0.717) is 17.9 Å². The van der Waals surface area contributed by atoms with Gasteiger partial charge in [-0.25, -0.2) is 0 Å². The van der Waals surface area contributed by atoms with Crippen LogP contribution >= 0.6 is 11.3 Å². The summed E-state index contributed by atoms with van der Waals surface area (Å²) < 4.78 is 11.4. The highest BCUT2D eigenvalue weighted by Gasteiger charge is 2.18. The Balaban J connectivity index is 1.88. The summed E-state index contributed by atoms with van der Waals surface area (Å²) in [6, 6.07) is 11.5. The number of fused-ring (bicyclic) bond motifs is 1. The molecule has 0 atom stereocenters. The summed E-state index contributed by atoms with van der Waals surface area (Å²) in [5.74, 6) is 0.666. The second kappa shape index (κ2) is 5.88. The van der Waals surface area contributed by atoms with Crippen molar-refractivity contribution in [1.29, 1.82) is 0 Å². The number of nitrogens with zero attached hydrogens (tertiary/aromatic N) is 1. The van der Waals surface area contributed by atoms with Crippen molar-refractivity contribution in [2.75, 3.05) is 6.61 Å². The van der Waals surface area contributed by atoms with Gasteiger partial charge >= 0.3 is 0 Å². The highest BCUT2D eigenvalue weighted by molar-refractivity contribution is 7.09. The Hall–Kier alpha value is -2.47. The number of thiophene rings is 1. The molecular weight excluding hydrogens is 288 g/mol. The van der Waals surface area contributed by atoms with Crippen LogP contribution in [0.3, 0.4) is 0 Å². The number of amidine groups is 1. The van der Waals surface area contributed by atoms with Crippen molar-refractivity contribution in [3.8, 4) is 5.75 Å². The first-order chi connectivity index (χ1) is 10.3. The summed E-state index contributed by atoms with van der Waals surface area (Å²) in [6.07, 6.45) is 0.798. The largest absolute Gasteiger partial charge is 0.488 e. The first-order valence-electron chi connectivity index (χ1n) is 6.44. The Kier molecular flexibility index (Phi) is 3.79. The fourth-order valence-corrected chi connectivity index (χ4v) is 2.78. The number of ether oxygens (including phenoxy) is 1. The zero-order valence-corrected chi connectivity index (χ0v) is 12.0. The monoisotopic (exact) mass is 302 g/mol. The molecule has 2 aromatic heterocycles. The second-order valence-electron chi connectivity index (χ2n) is 4.42. The second-order valence-corrected chi connectivity index (χ2v) is 5.45. The van der Waals surface area contributed by atoms with E-state index in [9.17, 15) is 0 Å². The lowest BCUT2D eigenvalue weighted by molar-refractivity contribution is 0.310. The van der Waals surface area contributed by atoms with E-state index < -0.39 is 0 Å². The molecule has 0 saturated heterocycles. The number of benzene rings is 1. The van der Waals surface area contributed by atoms with Crippen LogP contribution in [-0.2, 0) is 6.42 Å². The van der Waals surface area contributed by atoms with E-state index in [0.717, 1.165) is 11.8 Å². The minimum atomic E-state index is -0.0997. The number of furan rings is 1. The van der Waals surface area contributed by atoms with Crippen LogP contribution in [0.2, 0.25) is 0 Å². The SMILES string of the molecule is N/C(=N/O)c1oc2ccccc2c1OCCc1cccs1. The van der Waals surface area contributed by atoms with Crippen molar-refractivity contribution < 1.29 is 14.4 Å². The minimum Gasteiger partial charge on any atom is -0.488 e. The van der Waals surface area contributed by atoms with Gasteiger partial charge in [-0.3, -0.25) is 0 Å². The van der Waals surface area contributed by atoms with Gasteiger partial charge in [0.2, 0.25) is 11.6 Å². The summed E-state index contributed by atoms with van der Waals surface area (Å²) in [4.78, 5) is 1.24. The Morgan fingerprint density at radius 1 is 1.29 bits per heavy atom. The molecule has 0 aliphatic rings. The number of rotatable bonds is 5. The molecule has 1 aromatic carbocycles. The molecule has 0 unspecified atom stereocenters. The van der Waals surface area contributed by atoms with E-state index in [1.165, 1.54) is 4.88 Å². The fraction of sp³-hybridized carbons (Fsp3) is 0.133. The maximum Gasteiger partial charge on any atom is 0.215 e. The zero-order chi connectivity index (χ0) is 14.7. The molecule has 6 heteroatoms. The number of hydrogen-bond donors (Lipinski definition) is 2. The molecule has 21 heavy (non-hydrogen) atoms. The lowest BCUT2D eigenvalue weighted by atomic mass is 10.2. The van der Waals surface area contributed by atoms with Gasteiger partial charge in [0, 0.05) is 11.3 Å². The maximum absolute atomic E-state index is 8.86. The summed E-state index contributed by atoms with van der Waals surface area (Å²) in [7, 11) is 0. The topological polar surface area (TPSA) is 81.0 Å². The molecule has 2 heterocycles. The molecule has 0 saturated carbocycles. The fourth-order valence-electron chi connectivity index (χ4n) is 2.09. The number of para-hydroxylation sites is 1. The maximum atomic E-state index is 8.86. The normalized spacial score (nSPS) is 11.9. The summed E-state index contributed by atoms with van der Waals surface area (Å²) in [5.41, 5.74) is 6.30. The Labute approximate surface area is 125 Å². The van der Waals surface area contributed by atoms with Gasteiger partial charge < -0.3 is 20.1 Å². The third-order valence-electron chi connectivity index (χ3n) is 3.07. The van der Waals surface area contributed by atoms with Gasteiger partial charge in [0.1, 0.15) is 5.58 Å². The van der Waals surface area contributed by atoms with Gasteiger partial charge in [-0.1, -0.05) is 23.4 Å². The molecule has 0 aliphatic heterocycles. The lowest BCUT2D eigenvalue weighted by Gasteiger charge is -2.05. The first-order valence-corrected chi connectivity index (χ1v) is 7.32. The number of oxime groups is 1. The van der Waals surface area contributed by atoms with E-state index in [1.807, 2.05) is 35.7 Å². The number of nitrogens with two attached hydrogens (primary N) is 1. The van der Waals surface area contributed by atoms with Crippen molar-refractivity contribution in [1.82, 2.24) is 0 Å². The van der Waals surface area contributed by atoms with Gasteiger partial charge in [-0.2, -0.15) is 0 Å². The molecule has 0 spiro atoms. The van der Waals surface area contributed by atoms with Crippen molar-refractivity contribution in [3.63, 3.8) is 0 Å². The van der Waals surface area contributed by atoms with Crippen LogP contribution in [-0.4, -0.2) is 17.6 Å². The van der Waals surface area contributed by atoms with Crippen molar-refractivity contribution in [2.45, 2.75) is 6.42 Å². The van der Waals surface area contributed by atoms with Crippen LogP contribution in [0.1, 0.15) is 10.6 Å². The van der Waals surface area contributed by atoms with Crippen LogP contribution in [0.5, 0.6) is 5.75 Å². The van der Waals surface area contributed by atoms with Gasteiger partial charge in [-0.05, 0) is 23.6 Å². The molecule has 0 bridgehead atoms. The van der Waals surface area contributed by atoms with Crippen LogP contribution in [0.4, 0.5) is 0 Å². The van der Waals surface area contributed by atoms with Crippen LogP contribution < -0.4 is 10.5 Å². The van der Waals surface area contributed by atoms with Crippen LogP contribution in [0.25, 0.3) is 11.0 Å². The molecule has 0 amide bonds. The standard InChI is InChI=1S/C15H14N2O3S/c16-15(17-18)14-13(11-5-1-2-6-12(11)20-14)19-8-7-10-4-3-9-21-10/h1-6,9,18H,7-8H2,(H2,16,17). The molecule has 3 aromatic rings. The van der Waals surface area contributed by atoms with E-state index >= 15 is 0 Å². The van der Waals surface area contributed by atoms with E-state index in [4.69, 9.17) is 20.1 Å². The van der Waals surface area contributed by atoms with E-state index in [-0.39, 0.29) is 11.6 Å². The van der Waals surface area contributed by atoms with Gasteiger partial charge in [0.05, 0.1) is 12.0 Å². The highest BCUT2D eigenvalue weighted by atomic mass is 32.1. The molecule has 108 valence electrons. The Morgan fingerprint density at radius 3 is 2.90 bits per heavy atom. The minimum absolute atomic E-state index is 0.0997. The molecule has 0 radical (unpaired) electrons. The van der Waals surface area contributed by atoms with Crippen LogP contribution in [0.15, 0.2) is 51.4 Å².